The van der Waals surface area contributed by atoms with Crippen LogP contribution in [0.25, 0.3) is 0 Å². The Balaban J connectivity index is 2.10. The number of nitrogen functional groups attached to an aromatic ring is 1. The van der Waals surface area contributed by atoms with Gasteiger partial charge in [-0.05, 0) is 48.8 Å². The first kappa shape index (κ1) is 10.4. The second-order valence-electron chi connectivity index (χ2n) is 3.68. The minimum atomic E-state index is 0.784. The van der Waals surface area contributed by atoms with Gasteiger partial charge in [0.15, 0.2) is 0 Å². The van der Waals surface area contributed by atoms with E-state index >= 15 is 0 Å². The van der Waals surface area contributed by atoms with Crippen LogP contribution in [0, 0.1) is 0 Å². The van der Waals surface area contributed by atoms with Crippen LogP contribution >= 0.6 is 27.7 Å². The Labute approximate surface area is 97.6 Å². The molecule has 0 radical (unpaired) electrons. The molecule has 2 rings (SSSR count). The monoisotopic (exact) mass is 271 g/mol. The van der Waals surface area contributed by atoms with Crippen molar-refractivity contribution in [3.8, 4) is 0 Å². The Hall–Kier alpha value is -0.150. The van der Waals surface area contributed by atoms with Crippen LogP contribution in [0.5, 0.6) is 0 Å². The highest BCUT2D eigenvalue weighted by molar-refractivity contribution is 9.10. The molecule has 1 aromatic rings. The van der Waals surface area contributed by atoms with Crippen LogP contribution in [0.15, 0.2) is 22.7 Å². The third-order valence-corrected chi connectivity index (χ3v) is 4.47. The molecule has 1 saturated heterocycles. The molecule has 0 aromatic heterocycles. The zero-order chi connectivity index (χ0) is 9.97. The highest BCUT2D eigenvalue weighted by atomic mass is 79.9. The molecule has 1 heterocycles. The summed E-state index contributed by atoms with van der Waals surface area (Å²) < 4.78 is 1.13. The number of hydrogen-bond acceptors (Lipinski definition) is 2. The van der Waals surface area contributed by atoms with Crippen LogP contribution in [0.3, 0.4) is 0 Å². The molecule has 0 amide bonds. The van der Waals surface area contributed by atoms with Gasteiger partial charge in [-0.1, -0.05) is 15.9 Å². The van der Waals surface area contributed by atoms with Gasteiger partial charge in [-0.25, -0.2) is 0 Å². The van der Waals surface area contributed by atoms with Crippen molar-refractivity contribution in [3.05, 3.63) is 28.2 Å². The van der Waals surface area contributed by atoms with E-state index < -0.39 is 0 Å². The van der Waals surface area contributed by atoms with Gasteiger partial charge in [-0.15, -0.1) is 0 Å². The summed E-state index contributed by atoms with van der Waals surface area (Å²) in [6, 6.07) is 6.13. The molecule has 1 fully saturated rings. The zero-order valence-electron chi connectivity index (χ0n) is 8.00. The van der Waals surface area contributed by atoms with Crippen molar-refractivity contribution < 1.29 is 0 Å². The Morgan fingerprint density at radius 1 is 1.50 bits per heavy atom. The lowest BCUT2D eigenvalue weighted by molar-refractivity contribution is 0.778. The summed E-state index contributed by atoms with van der Waals surface area (Å²) in [5.74, 6) is 1.32. The van der Waals surface area contributed by atoms with Crippen molar-refractivity contribution in [3.63, 3.8) is 0 Å². The number of hydrogen-bond donors (Lipinski definition) is 1. The fourth-order valence-electron chi connectivity index (χ4n) is 1.80. The number of nitrogens with two attached hydrogens (primary N) is 1. The average Bonchev–Trinajstić information content (AvgIpc) is 2.64. The lowest BCUT2D eigenvalue weighted by Gasteiger charge is -2.10. The summed E-state index contributed by atoms with van der Waals surface area (Å²) in [4.78, 5) is 0. The zero-order valence-corrected chi connectivity index (χ0v) is 10.4. The lowest BCUT2D eigenvalue weighted by Crippen LogP contribution is -2.04. The van der Waals surface area contributed by atoms with Crippen molar-refractivity contribution in [1.82, 2.24) is 0 Å². The SMILES string of the molecule is Nc1ccc(Br)cc1CC1CCCS1. The van der Waals surface area contributed by atoms with Gasteiger partial charge >= 0.3 is 0 Å². The highest BCUT2D eigenvalue weighted by Gasteiger charge is 2.16. The van der Waals surface area contributed by atoms with Gasteiger partial charge in [0.2, 0.25) is 0 Å². The van der Waals surface area contributed by atoms with E-state index in [4.69, 9.17) is 5.73 Å². The standard InChI is InChI=1S/C11H14BrNS/c12-9-3-4-11(13)8(6-9)7-10-2-1-5-14-10/h3-4,6,10H,1-2,5,7,13H2. The van der Waals surface area contributed by atoms with Crippen LogP contribution in [0.2, 0.25) is 0 Å². The minimum absolute atomic E-state index is 0.784. The summed E-state index contributed by atoms with van der Waals surface area (Å²) in [6.45, 7) is 0. The van der Waals surface area contributed by atoms with Gasteiger partial charge in [0.25, 0.3) is 0 Å². The third kappa shape index (κ3) is 2.45. The Morgan fingerprint density at radius 3 is 3.07 bits per heavy atom. The maximum Gasteiger partial charge on any atom is 0.0347 e. The largest absolute Gasteiger partial charge is 0.399 e. The number of thioether (sulfide) groups is 1. The van der Waals surface area contributed by atoms with E-state index in [0.717, 1.165) is 21.8 Å². The normalized spacial score (nSPS) is 21.4. The lowest BCUT2D eigenvalue weighted by atomic mass is 10.1. The van der Waals surface area contributed by atoms with Gasteiger partial charge in [-0.2, -0.15) is 11.8 Å². The number of rotatable bonds is 2. The molecule has 14 heavy (non-hydrogen) atoms. The Bertz CT molecular complexity index is 321. The molecule has 0 aliphatic carbocycles. The minimum Gasteiger partial charge on any atom is -0.399 e. The summed E-state index contributed by atoms with van der Waals surface area (Å²) in [6.07, 6.45) is 3.83. The Morgan fingerprint density at radius 2 is 2.36 bits per heavy atom. The van der Waals surface area contributed by atoms with E-state index in [9.17, 15) is 0 Å². The Kier molecular flexibility index (Phi) is 3.39. The van der Waals surface area contributed by atoms with Crippen molar-refractivity contribution >= 4 is 33.4 Å². The number of halogens is 1. The molecule has 1 atom stereocenters. The predicted octanol–water partition coefficient (Wildman–Crippen LogP) is 3.47. The highest BCUT2D eigenvalue weighted by Crippen LogP contribution is 2.31. The van der Waals surface area contributed by atoms with Gasteiger partial charge in [0.1, 0.15) is 0 Å². The smallest absolute Gasteiger partial charge is 0.0347 e. The second kappa shape index (κ2) is 4.58. The molecule has 76 valence electrons. The molecule has 1 nitrogen and oxygen atoms in total. The first-order valence-corrected chi connectivity index (χ1v) is 6.75. The molecule has 3 heteroatoms. The van der Waals surface area contributed by atoms with Crippen LogP contribution in [0.1, 0.15) is 18.4 Å². The fourth-order valence-corrected chi connectivity index (χ4v) is 3.51. The number of benzene rings is 1. The molecular weight excluding hydrogens is 258 g/mol. The topological polar surface area (TPSA) is 26.0 Å². The average molecular weight is 272 g/mol. The van der Waals surface area contributed by atoms with E-state index in [1.54, 1.807) is 0 Å². The van der Waals surface area contributed by atoms with E-state index in [1.165, 1.54) is 24.2 Å². The van der Waals surface area contributed by atoms with Crippen LogP contribution in [-0.4, -0.2) is 11.0 Å². The molecule has 1 aromatic carbocycles. The van der Waals surface area contributed by atoms with E-state index in [0.29, 0.717) is 0 Å². The molecule has 1 aliphatic rings. The molecule has 1 unspecified atom stereocenters. The predicted molar refractivity (Wildman–Crippen MR) is 67.7 cm³/mol. The van der Waals surface area contributed by atoms with Gasteiger partial charge in [0, 0.05) is 15.4 Å². The van der Waals surface area contributed by atoms with Crippen LogP contribution in [-0.2, 0) is 6.42 Å². The van der Waals surface area contributed by atoms with E-state index in [-0.39, 0.29) is 0 Å². The van der Waals surface area contributed by atoms with Crippen LogP contribution < -0.4 is 5.73 Å². The maximum absolute atomic E-state index is 5.94. The van der Waals surface area contributed by atoms with Crippen molar-refractivity contribution in [2.75, 3.05) is 11.5 Å². The van der Waals surface area contributed by atoms with E-state index in [2.05, 4.69) is 33.8 Å². The first-order chi connectivity index (χ1) is 6.75. The van der Waals surface area contributed by atoms with Gasteiger partial charge in [0.05, 0.1) is 0 Å². The number of anilines is 1. The van der Waals surface area contributed by atoms with E-state index in [1.807, 2.05) is 12.1 Å². The summed E-state index contributed by atoms with van der Waals surface area (Å²) in [5, 5.41) is 0.784. The summed E-state index contributed by atoms with van der Waals surface area (Å²) in [5.41, 5.74) is 8.16. The first-order valence-electron chi connectivity index (χ1n) is 4.91. The van der Waals surface area contributed by atoms with Crippen molar-refractivity contribution in [2.24, 2.45) is 0 Å². The molecule has 0 spiro atoms. The molecule has 1 aliphatic heterocycles. The van der Waals surface area contributed by atoms with Crippen molar-refractivity contribution in [2.45, 2.75) is 24.5 Å². The fraction of sp³-hybridized carbons (Fsp3) is 0.455. The second-order valence-corrected chi connectivity index (χ2v) is 6.01. The molecular formula is C11H14BrNS. The summed E-state index contributed by atoms with van der Waals surface area (Å²) in [7, 11) is 0. The molecule has 0 saturated carbocycles. The third-order valence-electron chi connectivity index (χ3n) is 2.58. The molecule has 2 N–H and O–H groups in total. The molecule has 0 bridgehead atoms. The van der Waals surface area contributed by atoms with Gasteiger partial charge in [-0.3, -0.25) is 0 Å². The van der Waals surface area contributed by atoms with Gasteiger partial charge < -0.3 is 5.73 Å². The maximum atomic E-state index is 5.94. The van der Waals surface area contributed by atoms with Crippen molar-refractivity contribution in [1.29, 1.82) is 0 Å². The quantitative estimate of drug-likeness (QED) is 0.834. The summed E-state index contributed by atoms with van der Waals surface area (Å²) >= 11 is 5.56. The van der Waals surface area contributed by atoms with Crippen LogP contribution in [0.4, 0.5) is 5.69 Å².